The summed E-state index contributed by atoms with van der Waals surface area (Å²) in [5, 5.41) is 1.46. The Balaban J connectivity index is 2.34. The van der Waals surface area contributed by atoms with E-state index in [4.69, 9.17) is 4.74 Å². The Hall–Kier alpha value is -2.07. The van der Waals surface area contributed by atoms with E-state index in [1.165, 1.54) is 22.0 Å². The van der Waals surface area contributed by atoms with Crippen LogP contribution in [0.25, 0.3) is 22.2 Å². The van der Waals surface area contributed by atoms with Crippen molar-refractivity contribution in [2.75, 3.05) is 7.11 Å². The van der Waals surface area contributed by atoms with E-state index in [2.05, 4.69) is 80.5 Å². The highest BCUT2D eigenvalue weighted by atomic mass is 28.3. The van der Waals surface area contributed by atoms with E-state index in [1.54, 1.807) is 7.11 Å². The zero-order valence-corrected chi connectivity index (χ0v) is 17.3. The molecule has 0 unspecified atom stereocenters. The number of aryl methyl sites for hydroxylation is 1. The summed E-state index contributed by atoms with van der Waals surface area (Å²) < 4.78 is 8.01. The molecule has 2 aromatic heterocycles. The van der Waals surface area contributed by atoms with Crippen LogP contribution in [0.2, 0.25) is 18.1 Å². The normalized spacial score (nSPS) is 12.6. The highest BCUT2D eigenvalue weighted by Crippen LogP contribution is 2.42. The zero-order valence-electron chi connectivity index (χ0n) is 16.3. The third-order valence-corrected chi connectivity index (χ3v) is 10.9. The van der Waals surface area contributed by atoms with Gasteiger partial charge in [0.25, 0.3) is 0 Å². The molecular weight excluding hydrogens is 324 g/mol. The summed E-state index contributed by atoms with van der Waals surface area (Å²) in [5.74, 6) is 0.884. The van der Waals surface area contributed by atoms with Crippen LogP contribution in [0.4, 0.5) is 0 Å². The van der Waals surface area contributed by atoms with E-state index in [-0.39, 0.29) is 5.04 Å². The standard InChI is InChI=1S/C21H28N2OSi/c1-15-10-11-22-19(12-15)18-14-23(25(6,7)21(2,3)4)20-9-8-16(24-5)13-17(18)20/h8-14H,1-7H3. The lowest BCUT2D eigenvalue weighted by Gasteiger charge is -2.38. The van der Waals surface area contributed by atoms with Crippen molar-refractivity contribution in [2.24, 2.45) is 0 Å². The average molecular weight is 353 g/mol. The summed E-state index contributed by atoms with van der Waals surface area (Å²) >= 11 is 0. The Kier molecular flexibility index (Phi) is 4.27. The Bertz CT molecular complexity index is 919. The van der Waals surface area contributed by atoms with Gasteiger partial charge in [-0.2, -0.15) is 0 Å². The van der Waals surface area contributed by atoms with Gasteiger partial charge in [-0.1, -0.05) is 33.9 Å². The van der Waals surface area contributed by atoms with Crippen LogP contribution in [0.5, 0.6) is 5.75 Å². The van der Waals surface area contributed by atoms with Gasteiger partial charge in [0.1, 0.15) is 5.75 Å². The molecule has 3 nitrogen and oxygen atoms in total. The second-order valence-corrected chi connectivity index (χ2v) is 13.4. The first-order valence-electron chi connectivity index (χ1n) is 8.78. The van der Waals surface area contributed by atoms with Gasteiger partial charge in [-0.25, -0.2) is 0 Å². The summed E-state index contributed by atoms with van der Waals surface area (Å²) in [4.78, 5) is 4.63. The van der Waals surface area contributed by atoms with Gasteiger partial charge >= 0.3 is 0 Å². The minimum absolute atomic E-state index is 0.246. The van der Waals surface area contributed by atoms with Crippen LogP contribution in [-0.2, 0) is 0 Å². The first-order chi connectivity index (χ1) is 11.6. The molecule has 0 fully saturated rings. The van der Waals surface area contributed by atoms with Gasteiger partial charge in [0.15, 0.2) is 8.24 Å². The van der Waals surface area contributed by atoms with E-state index >= 15 is 0 Å². The summed E-state index contributed by atoms with van der Waals surface area (Å²) in [6.45, 7) is 14.0. The molecule has 3 aromatic rings. The van der Waals surface area contributed by atoms with Crippen LogP contribution >= 0.6 is 0 Å². The van der Waals surface area contributed by atoms with Gasteiger partial charge in [-0.05, 0) is 47.9 Å². The second kappa shape index (κ2) is 6.02. The molecule has 0 aliphatic carbocycles. The number of aromatic nitrogens is 2. The third kappa shape index (κ3) is 2.99. The molecule has 0 atom stereocenters. The minimum atomic E-state index is -1.75. The molecular formula is C21H28N2OSi. The Morgan fingerprint density at radius 3 is 2.40 bits per heavy atom. The molecule has 2 heterocycles. The number of benzene rings is 1. The van der Waals surface area contributed by atoms with Crippen molar-refractivity contribution in [3.63, 3.8) is 0 Å². The largest absolute Gasteiger partial charge is 0.497 e. The van der Waals surface area contributed by atoms with Gasteiger partial charge in [0, 0.05) is 28.9 Å². The highest BCUT2D eigenvalue weighted by Gasteiger charge is 2.38. The SMILES string of the molecule is COc1ccc2c(c1)c(-c1cc(C)ccn1)cn2[Si](C)(C)C(C)(C)C. The van der Waals surface area contributed by atoms with E-state index < -0.39 is 8.24 Å². The Labute approximate surface area is 151 Å². The Morgan fingerprint density at radius 1 is 1.08 bits per heavy atom. The first kappa shape index (κ1) is 17.7. The van der Waals surface area contributed by atoms with Crippen molar-refractivity contribution in [2.45, 2.75) is 45.8 Å². The van der Waals surface area contributed by atoms with Gasteiger partial charge in [0.2, 0.25) is 0 Å². The maximum absolute atomic E-state index is 5.48. The highest BCUT2D eigenvalue weighted by molar-refractivity contribution is 6.79. The molecule has 0 amide bonds. The van der Waals surface area contributed by atoms with Gasteiger partial charge < -0.3 is 8.97 Å². The lowest BCUT2D eigenvalue weighted by Crippen LogP contribution is -2.44. The maximum atomic E-state index is 5.48. The van der Waals surface area contributed by atoms with Crippen LogP contribution in [0.3, 0.4) is 0 Å². The third-order valence-electron chi connectivity index (χ3n) is 5.64. The second-order valence-electron chi connectivity index (χ2n) is 8.32. The lowest BCUT2D eigenvalue weighted by atomic mass is 10.1. The smallest absolute Gasteiger partial charge is 0.161 e. The van der Waals surface area contributed by atoms with E-state index in [0.717, 1.165) is 11.4 Å². The average Bonchev–Trinajstić information content (AvgIpc) is 2.93. The van der Waals surface area contributed by atoms with Crippen LogP contribution in [0.1, 0.15) is 26.3 Å². The fourth-order valence-corrected chi connectivity index (χ4v) is 5.02. The summed E-state index contributed by atoms with van der Waals surface area (Å²) in [6.07, 6.45) is 4.20. The zero-order chi connectivity index (χ0) is 18.4. The molecule has 0 saturated carbocycles. The van der Waals surface area contributed by atoms with Crippen molar-refractivity contribution in [1.29, 1.82) is 0 Å². The van der Waals surface area contributed by atoms with Crippen LogP contribution < -0.4 is 4.74 Å². The van der Waals surface area contributed by atoms with Crippen molar-refractivity contribution in [1.82, 2.24) is 9.22 Å². The monoisotopic (exact) mass is 352 g/mol. The minimum Gasteiger partial charge on any atom is -0.497 e. The van der Waals surface area contributed by atoms with E-state index in [9.17, 15) is 0 Å². The Morgan fingerprint density at radius 2 is 1.80 bits per heavy atom. The van der Waals surface area contributed by atoms with Crippen molar-refractivity contribution < 1.29 is 4.74 Å². The first-order valence-corrected chi connectivity index (χ1v) is 11.7. The number of pyridine rings is 1. The number of methoxy groups -OCH3 is 1. The number of fused-ring (bicyclic) bond motifs is 1. The molecule has 0 aliphatic heterocycles. The molecule has 0 spiro atoms. The molecule has 0 bridgehead atoms. The topological polar surface area (TPSA) is 27.1 Å². The lowest BCUT2D eigenvalue weighted by molar-refractivity contribution is 0.415. The molecule has 25 heavy (non-hydrogen) atoms. The van der Waals surface area contributed by atoms with Crippen molar-refractivity contribution in [3.8, 4) is 17.0 Å². The van der Waals surface area contributed by atoms with Crippen LogP contribution in [-0.4, -0.2) is 24.6 Å². The van der Waals surface area contributed by atoms with Crippen molar-refractivity contribution >= 4 is 19.1 Å². The molecule has 0 aliphatic rings. The van der Waals surface area contributed by atoms with Gasteiger partial charge in [-0.15, -0.1) is 0 Å². The molecule has 0 radical (unpaired) electrons. The van der Waals surface area contributed by atoms with E-state index in [1.807, 2.05) is 12.3 Å². The summed E-state index contributed by atoms with van der Waals surface area (Å²) in [6, 6.07) is 10.6. The van der Waals surface area contributed by atoms with E-state index in [0.29, 0.717) is 0 Å². The van der Waals surface area contributed by atoms with Crippen LogP contribution in [0, 0.1) is 6.92 Å². The molecule has 1 aromatic carbocycles. The van der Waals surface area contributed by atoms with Crippen LogP contribution in [0.15, 0.2) is 42.7 Å². The van der Waals surface area contributed by atoms with Crippen molar-refractivity contribution in [3.05, 3.63) is 48.3 Å². The number of rotatable bonds is 3. The predicted octanol–water partition coefficient (Wildman–Crippen LogP) is 5.87. The molecule has 0 N–H and O–H groups in total. The fraction of sp³-hybridized carbons (Fsp3) is 0.381. The molecule has 3 rings (SSSR count). The maximum Gasteiger partial charge on any atom is 0.161 e. The van der Waals surface area contributed by atoms with Gasteiger partial charge in [-0.3, -0.25) is 4.98 Å². The number of hydrogen-bond acceptors (Lipinski definition) is 2. The molecule has 132 valence electrons. The molecule has 4 heteroatoms. The quantitative estimate of drug-likeness (QED) is 0.551. The molecule has 0 saturated heterocycles. The fourth-order valence-electron chi connectivity index (χ4n) is 3.05. The predicted molar refractivity (Wildman–Crippen MR) is 109 cm³/mol. The summed E-state index contributed by atoms with van der Waals surface area (Å²) in [7, 11) is -0.0318. The number of hydrogen-bond donors (Lipinski definition) is 0. The number of nitrogens with zero attached hydrogens (tertiary/aromatic N) is 2. The number of ether oxygens (including phenoxy) is 1. The van der Waals surface area contributed by atoms with Gasteiger partial charge in [0.05, 0.1) is 12.8 Å². The summed E-state index contributed by atoms with van der Waals surface area (Å²) in [5.41, 5.74) is 4.70.